The zero-order chi connectivity index (χ0) is 17.4. The van der Waals surface area contributed by atoms with Crippen LogP contribution in [0.3, 0.4) is 0 Å². The zero-order valence-corrected chi connectivity index (χ0v) is 14.3. The van der Waals surface area contributed by atoms with Crippen molar-refractivity contribution in [1.82, 2.24) is 0 Å². The van der Waals surface area contributed by atoms with Gasteiger partial charge in [0.2, 0.25) is 11.6 Å². The van der Waals surface area contributed by atoms with Crippen molar-refractivity contribution in [3.05, 3.63) is 71.8 Å². The first-order valence-corrected chi connectivity index (χ1v) is 8.43. The third kappa shape index (κ3) is 4.18. The minimum absolute atomic E-state index is 0.298. The Morgan fingerprint density at radius 2 is 1.29 bits per heavy atom. The van der Waals surface area contributed by atoms with Gasteiger partial charge in [0.15, 0.2) is 5.60 Å². The van der Waals surface area contributed by atoms with E-state index in [0.29, 0.717) is 17.7 Å². The topological polar surface area (TPSA) is 43.4 Å². The summed E-state index contributed by atoms with van der Waals surface area (Å²) in [4.78, 5) is 26.0. The summed E-state index contributed by atoms with van der Waals surface area (Å²) < 4.78 is 5.87. The maximum absolute atomic E-state index is 13.0. The van der Waals surface area contributed by atoms with Crippen LogP contribution >= 0.6 is 0 Å². The van der Waals surface area contributed by atoms with E-state index in [9.17, 15) is 9.59 Å². The standard InChI is InChI=1S/C21H24O3/c1-3-4-11-16-24-21(2,19(22)17-12-7-5-8-13-17)20(23)18-14-9-6-10-15-18/h5-10,12-15H,3-4,11,16H2,1-2H3. The number of ether oxygens (including phenoxy) is 1. The van der Waals surface area contributed by atoms with Gasteiger partial charge in [-0.2, -0.15) is 0 Å². The first-order chi connectivity index (χ1) is 11.6. The summed E-state index contributed by atoms with van der Waals surface area (Å²) in [7, 11) is 0. The van der Waals surface area contributed by atoms with Crippen molar-refractivity contribution in [3.63, 3.8) is 0 Å². The molecule has 0 N–H and O–H groups in total. The first kappa shape index (κ1) is 18.1. The quantitative estimate of drug-likeness (QED) is 0.381. The minimum atomic E-state index is -1.50. The molecule has 0 saturated heterocycles. The van der Waals surface area contributed by atoms with Gasteiger partial charge in [0.05, 0.1) is 0 Å². The number of ketones is 2. The molecule has 0 atom stereocenters. The number of rotatable bonds is 9. The normalized spacial score (nSPS) is 11.2. The van der Waals surface area contributed by atoms with E-state index in [0.717, 1.165) is 19.3 Å². The first-order valence-electron chi connectivity index (χ1n) is 8.43. The van der Waals surface area contributed by atoms with Crippen LogP contribution in [0.4, 0.5) is 0 Å². The number of hydrogen-bond acceptors (Lipinski definition) is 3. The molecule has 0 saturated carbocycles. The summed E-state index contributed by atoms with van der Waals surface area (Å²) in [5.41, 5.74) is -0.532. The molecule has 126 valence electrons. The van der Waals surface area contributed by atoms with Crippen LogP contribution in [0.2, 0.25) is 0 Å². The fourth-order valence-corrected chi connectivity index (χ4v) is 2.59. The number of carbonyl (C=O) groups is 2. The molecule has 0 heterocycles. The third-order valence-electron chi connectivity index (χ3n) is 4.08. The molecule has 24 heavy (non-hydrogen) atoms. The van der Waals surface area contributed by atoms with Gasteiger partial charge in [-0.25, -0.2) is 0 Å². The molecule has 0 amide bonds. The van der Waals surface area contributed by atoms with Gasteiger partial charge in [-0.15, -0.1) is 0 Å². The number of Topliss-reactive ketones (excluding diaryl/α,β-unsaturated/α-hetero) is 2. The van der Waals surface area contributed by atoms with Crippen molar-refractivity contribution in [1.29, 1.82) is 0 Å². The van der Waals surface area contributed by atoms with Crippen LogP contribution in [0.25, 0.3) is 0 Å². The van der Waals surface area contributed by atoms with Crippen molar-refractivity contribution in [2.24, 2.45) is 0 Å². The van der Waals surface area contributed by atoms with Crippen molar-refractivity contribution in [2.45, 2.75) is 38.7 Å². The molecule has 0 aliphatic heterocycles. The maximum atomic E-state index is 13.0. The van der Waals surface area contributed by atoms with E-state index in [1.165, 1.54) is 0 Å². The van der Waals surface area contributed by atoms with E-state index in [4.69, 9.17) is 4.74 Å². The highest BCUT2D eigenvalue weighted by Gasteiger charge is 2.42. The van der Waals surface area contributed by atoms with E-state index in [2.05, 4.69) is 6.92 Å². The van der Waals surface area contributed by atoms with Gasteiger partial charge in [0.25, 0.3) is 0 Å². The van der Waals surface area contributed by atoms with E-state index >= 15 is 0 Å². The lowest BCUT2D eigenvalue weighted by Crippen LogP contribution is -2.46. The lowest BCUT2D eigenvalue weighted by atomic mass is 9.87. The Morgan fingerprint density at radius 3 is 1.71 bits per heavy atom. The molecule has 2 aromatic carbocycles. The number of hydrogen-bond donors (Lipinski definition) is 0. The van der Waals surface area contributed by atoms with E-state index in [1.54, 1.807) is 55.5 Å². The number of benzene rings is 2. The summed E-state index contributed by atoms with van der Waals surface area (Å²) >= 11 is 0. The Hall–Kier alpha value is -2.26. The van der Waals surface area contributed by atoms with Crippen LogP contribution < -0.4 is 0 Å². The second-order valence-corrected chi connectivity index (χ2v) is 5.98. The number of carbonyl (C=O) groups excluding carboxylic acids is 2. The zero-order valence-electron chi connectivity index (χ0n) is 14.3. The minimum Gasteiger partial charge on any atom is -0.359 e. The monoisotopic (exact) mass is 324 g/mol. The smallest absolute Gasteiger partial charge is 0.202 e. The summed E-state index contributed by atoms with van der Waals surface area (Å²) in [5, 5.41) is 0. The molecule has 2 aromatic rings. The van der Waals surface area contributed by atoms with Crippen LogP contribution in [0.5, 0.6) is 0 Å². The lowest BCUT2D eigenvalue weighted by Gasteiger charge is -2.27. The van der Waals surface area contributed by atoms with Crippen LogP contribution in [0.1, 0.15) is 53.8 Å². The van der Waals surface area contributed by atoms with Gasteiger partial charge < -0.3 is 4.74 Å². The van der Waals surface area contributed by atoms with Crippen molar-refractivity contribution < 1.29 is 14.3 Å². The van der Waals surface area contributed by atoms with E-state index in [1.807, 2.05) is 12.1 Å². The highest BCUT2D eigenvalue weighted by molar-refractivity contribution is 6.22. The van der Waals surface area contributed by atoms with Crippen molar-refractivity contribution >= 4 is 11.6 Å². The highest BCUT2D eigenvalue weighted by Crippen LogP contribution is 2.24. The maximum Gasteiger partial charge on any atom is 0.202 e. The molecule has 0 aromatic heterocycles. The molecule has 3 heteroatoms. The molecule has 0 aliphatic carbocycles. The van der Waals surface area contributed by atoms with Crippen LogP contribution in [-0.2, 0) is 4.74 Å². The fourth-order valence-electron chi connectivity index (χ4n) is 2.59. The predicted octanol–water partition coefficient (Wildman–Crippen LogP) is 4.72. The molecule has 2 rings (SSSR count). The average molecular weight is 324 g/mol. The summed E-state index contributed by atoms with van der Waals surface area (Å²) in [6.07, 6.45) is 2.89. The molecule has 0 spiro atoms. The van der Waals surface area contributed by atoms with Gasteiger partial charge in [-0.1, -0.05) is 80.4 Å². The summed E-state index contributed by atoms with van der Waals surface area (Å²) in [6.45, 7) is 4.08. The Balaban J connectivity index is 2.30. The van der Waals surface area contributed by atoms with Gasteiger partial charge in [-0.3, -0.25) is 9.59 Å². The molecule has 3 nitrogen and oxygen atoms in total. The molecule has 0 unspecified atom stereocenters. The Labute approximate surface area is 143 Å². The SMILES string of the molecule is CCCCCOC(C)(C(=O)c1ccccc1)C(=O)c1ccccc1. The molecule has 0 radical (unpaired) electrons. The van der Waals surface area contributed by atoms with E-state index < -0.39 is 5.60 Å². The van der Waals surface area contributed by atoms with Gasteiger partial charge >= 0.3 is 0 Å². The molecule has 0 aliphatic rings. The van der Waals surface area contributed by atoms with Crippen molar-refractivity contribution in [3.8, 4) is 0 Å². The molecular weight excluding hydrogens is 300 g/mol. The van der Waals surface area contributed by atoms with Crippen LogP contribution in [0.15, 0.2) is 60.7 Å². The molecule has 0 fully saturated rings. The molecule has 0 bridgehead atoms. The largest absolute Gasteiger partial charge is 0.359 e. The predicted molar refractivity (Wildman–Crippen MR) is 95.4 cm³/mol. The lowest BCUT2D eigenvalue weighted by molar-refractivity contribution is -0.00600. The van der Waals surface area contributed by atoms with Crippen LogP contribution in [0, 0.1) is 0 Å². The van der Waals surface area contributed by atoms with Crippen molar-refractivity contribution in [2.75, 3.05) is 6.61 Å². The highest BCUT2D eigenvalue weighted by atomic mass is 16.5. The number of unbranched alkanes of at least 4 members (excludes halogenated alkanes) is 2. The van der Waals surface area contributed by atoms with Crippen LogP contribution in [-0.4, -0.2) is 23.8 Å². The Kier molecular flexibility index (Phi) is 6.44. The van der Waals surface area contributed by atoms with Gasteiger partial charge in [0.1, 0.15) is 0 Å². The fraction of sp³-hybridized carbons (Fsp3) is 0.333. The van der Waals surface area contributed by atoms with Gasteiger partial charge in [-0.05, 0) is 13.3 Å². The third-order valence-corrected chi connectivity index (χ3v) is 4.08. The second kappa shape index (κ2) is 8.55. The second-order valence-electron chi connectivity index (χ2n) is 5.98. The average Bonchev–Trinajstić information content (AvgIpc) is 2.65. The molecular formula is C21H24O3. The summed E-state index contributed by atoms with van der Waals surface area (Å²) in [6, 6.07) is 17.7. The Morgan fingerprint density at radius 1 is 0.833 bits per heavy atom. The van der Waals surface area contributed by atoms with Gasteiger partial charge in [0, 0.05) is 17.7 Å². The van der Waals surface area contributed by atoms with E-state index in [-0.39, 0.29) is 11.6 Å². The Bertz CT molecular complexity index is 610. The summed E-state index contributed by atoms with van der Waals surface area (Å²) in [5.74, 6) is -0.595.